The van der Waals surface area contributed by atoms with E-state index in [0.717, 1.165) is 25.6 Å². The van der Waals surface area contributed by atoms with Gasteiger partial charge < -0.3 is 5.32 Å². The van der Waals surface area contributed by atoms with Crippen molar-refractivity contribution < 1.29 is 8.42 Å². The Morgan fingerprint density at radius 3 is 2.67 bits per heavy atom. The number of rotatable bonds is 7. The van der Waals surface area contributed by atoms with E-state index in [4.69, 9.17) is 0 Å². The minimum Gasteiger partial charge on any atom is -0.315 e. The van der Waals surface area contributed by atoms with Crippen molar-refractivity contribution in [3.05, 3.63) is 0 Å². The Hall–Kier alpha value is -0.130. The molecule has 1 saturated heterocycles. The molecule has 4 nitrogen and oxygen atoms in total. The number of nitrogens with zero attached hydrogens (tertiary/aromatic N) is 1. The van der Waals surface area contributed by atoms with Gasteiger partial charge in [0.05, 0.1) is 11.5 Å². The zero-order valence-electron chi connectivity index (χ0n) is 12.0. The van der Waals surface area contributed by atoms with Gasteiger partial charge in [0, 0.05) is 25.7 Å². The molecule has 1 fully saturated rings. The summed E-state index contributed by atoms with van der Waals surface area (Å²) in [5.74, 6) is 1.42. The lowest BCUT2D eigenvalue weighted by Crippen LogP contribution is -2.48. The summed E-state index contributed by atoms with van der Waals surface area (Å²) >= 11 is 0. The number of sulfone groups is 1. The van der Waals surface area contributed by atoms with E-state index in [0.29, 0.717) is 18.1 Å². The first-order valence-electron chi connectivity index (χ1n) is 7.06. The monoisotopic (exact) mass is 276 g/mol. The van der Waals surface area contributed by atoms with Crippen molar-refractivity contribution in [2.45, 2.75) is 39.7 Å². The van der Waals surface area contributed by atoms with Gasteiger partial charge in [0.2, 0.25) is 0 Å². The maximum Gasteiger partial charge on any atom is 0.153 e. The minimum absolute atomic E-state index is 0.168. The standard InChI is InChI=1S/C13H28N2O2S/c1-12(2)5-4-6-14-7-8-15-9-10-18(16,17)11-13(15)3/h12-14H,4-11H2,1-3H3. The van der Waals surface area contributed by atoms with E-state index >= 15 is 0 Å². The van der Waals surface area contributed by atoms with Crippen LogP contribution in [-0.4, -0.2) is 57.0 Å². The molecule has 1 aliphatic heterocycles. The lowest BCUT2D eigenvalue weighted by molar-refractivity contribution is 0.227. The first-order chi connectivity index (χ1) is 8.41. The molecule has 0 aromatic heterocycles. The van der Waals surface area contributed by atoms with Crippen molar-refractivity contribution in [1.82, 2.24) is 10.2 Å². The summed E-state index contributed by atoms with van der Waals surface area (Å²) in [7, 11) is -2.78. The molecule has 1 atom stereocenters. The van der Waals surface area contributed by atoms with Crippen LogP contribution in [-0.2, 0) is 9.84 Å². The first kappa shape index (κ1) is 15.9. The van der Waals surface area contributed by atoms with Crippen molar-refractivity contribution in [1.29, 1.82) is 0 Å². The van der Waals surface area contributed by atoms with Crippen LogP contribution in [0.3, 0.4) is 0 Å². The molecule has 1 N–H and O–H groups in total. The van der Waals surface area contributed by atoms with Crippen LogP contribution >= 0.6 is 0 Å². The van der Waals surface area contributed by atoms with Crippen LogP contribution in [0.15, 0.2) is 0 Å². The second-order valence-corrected chi connectivity index (χ2v) is 8.01. The molecule has 0 radical (unpaired) electrons. The molecule has 0 spiro atoms. The summed E-state index contributed by atoms with van der Waals surface area (Å²) in [5.41, 5.74) is 0. The second kappa shape index (κ2) is 7.46. The predicted octanol–water partition coefficient (Wildman–Crippen LogP) is 1.13. The number of hydrogen-bond donors (Lipinski definition) is 1. The fraction of sp³-hybridized carbons (Fsp3) is 1.00. The Morgan fingerprint density at radius 2 is 2.06 bits per heavy atom. The Kier molecular flexibility index (Phi) is 6.60. The minimum atomic E-state index is -2.78. The fourth-order valence-corrected chi connectivity index (χ4v) is 3.97. The summed E-state index contributed by atoms with van der Waals surface area (Å²) in [6.07, 6.45) is 2.49. The van der Waals surface area contributed by atoms with Gasteiger partial charge in [-0.3, -0.25) is 4.90 Å². The highest BCUT2D eigenvalue weighted by Gasteiger charge is 2.27. The molecule has 108 valence electrons. The van der Waals surface area contributed by atoms with Crippen molar-refractivity contribution in [3.63, 3.8) is 0 Å². The molecular formula is C13H28N2O2S. The maximum atomic E-state index is 11.4. The summed E-state index contributed by atoms with van der Waals surface area (Å²) in [5, 5.41) is 3.44. The van der Waals surface area contributed by atoms with Crippen LogP contribution in [0.4, 0.5) is 0 Å². The quantitative estimate of drug-likeness (QED) is 0.708. The molecule has 18 heavy (non-hydrogen) atoms. The number of hydrogen-bond acceptors (Lipinski definition) is 4. The van der Waals surface area contributed by atoms with Crippen LogP contribution in [0.25, 0.3) is 0 Å². The van der Waals surface area contributed by atoms with Crippen molar-refractivity contribution in [2.75, 3.05) is 37.7 Å². The largest absolute Gasteiger partial charge is 0.315 e. The SMILES string of the molecule is CC(C)CCCNCCN1CCS(=O)(=O)CC1C. The second-order valence-electron chi connectivity index (χ2n) is 5.79. The van der Waals surface area contributed by atoms with Gasteiger partial charge in [-0.2, -0.15) is 0 Å². The van der Waals surface area contributed by atoms with Crippen molar-refractivity contribution in [3.8, 4) is 0 Å². The third-order valence-electron chi connectivity index (χ3n) is 3.52. The van der Waals surface area contributed by atoms with Crippen molar-refractivity contribution >= 4 is 9.84 Å². The Bertz CT molecular complexity index is 328. The van der Waals surface area contributed by atoms with E-state index in [2.05, 4.69) is 24.1 Å². The third kappa shape index (κ3) is 6.16. The highest BCUT2D eigenvalue weighted by molar-refractivity contribution is 7.91. The van der Waals surface area contributed by atoms with Crippen LogP contribution in [0.5, 0.6) is 0 Å². The normalized spacial score (nSPS) is 24.6. The predicted molar refractivity (Wildman–Crippen MR) is 76.6 cm³/mol. The average Bonchev–Trinajstić information content (AvgIpc) is 2.24. The summed E-state index contributed by atoms with van der Waals surface area (Å²) in [6.45, 7) is 10.2. The molecule has 0 aliphatic carbocycles. The highest BCUT2D eigenvalue weighted by atomic mass is 32.2. The molecule has 1 rings (SSSR count). The lowest BCUT2D eigenvalue weighted by Gasteiger charge is -2.33. The van der Waals surface area contributed by atoms with Crippen LogP contribution in [0.2, 0.25) is 0 Å². The Labute approximate surface area is 112 Å². The van der Waals surface area contributed by atoms with Gasteiger partial charge in [-0.1, -0.05) is 13.8 Å². The van der Waals surface area contributed by atoms with E-state index in [-0.39, 0.29) is 6.04 Å². The van der Waals surface area contributed by atoms with Crippen molar-refractivity contribution in [2.24, 2.45) is 5.92 Å². The van der Waals surface area contributed by atoms with Crippen LogP contribution < -0.4 is 5.32 Å². The molecule has 0 amide bonds. The Morgan fingerprint density at radius 1 is 1.33 bits per heavy atom. The van der Waals surface area contributed by atoms with E-state index in [1.54, 1.807) is 0 Å². The van der Waals surface area contributed by atoms with Gasteiger partial charge in [-0.05, 0) is 32.2 Å². The first-order valence-corrected chi connectivity index (χ1v) is 8.88. The molecule has 5 heteroatoms. The molecule has 0 aromatic carbocycles. The molecule has 1 aliphatic rings. The lowest BCUT2D eigenvalue weighted by atomic mass is 10.1. The molecule has 0 saturated carbocycles. The summed E-state index contributed by atoms with van der Waals surface area (Å²) in [4.78, 5) is 2.27. The van der Waals surface area contributed by atoms with Gasteiger partial charge in [-0.15, -0.1) is 0 Å². The smallest absolute Gasteiger partial charge is 0.153 e. The Balaban J connectivity index is 2.09. The van der Waals surface area contributed by atoms with E-state index in [1.807, 2.05) is 6.92 Å². The van der Waals surface area contributed by atoms with Gasteiger partial charge >= 0.3 is 0 Å². The fourth-order valence-electron chi connectivity index (χ4n) is 2.35. The van der Waals surface area contributed by atoms with Gasteiger partial charge in [0.15, 0.2) is 9.84 Å². The summed E-state index contributed by atoms with van der Waals surface area (Å²) < 4.78 is 22.9. The molecule has 1 unspecified atom stereocenters. The molecule has 0 aromatic rings. The van der Waals surface area contributed by atoms with Gasteiger partial charge in [0.1, 0.15) is 0 Å². The maximum absolute atomic E-state index is 11.4. The highest BCUT2D eigenvalue weighted by Crippen LogP contribution is 2.10. The number of nitrogens with one attached hydrogen (secondary N) is 1. The van der Waals surface area contributed by atoms with Gasteiger partial charge in [-0.25, -0.2) is 8.42 Å². The van der Waals surface area contributed by atoms with E-state index in [9.17, 15) is 8.42 Å². The van der Waals surface area contributed by atoms with Crippen LogP contribution in [0, 0.1) is 5.92 Å². The van der Waals surface area contributed by atoms with Gasteiger partial charge in [0.25, 0.3) is 0 Å². The molecule has 0 bridgehead atoms. The summed E-state index contributed by atoms with van der Waals surface area (Å²) in [6, 6.07) is 0.168. The zero-order valence-corrected chi connectivity index (χ0v) is 12.8. The average molecular weight is 276 g/mol. The van der Waals surface area contributed by atoms with E-state index in [1.165, 1.54) is 12.8 Å². The molecule has 1 heterocycles. The zero-order chi connectivity index (χ0) is 13.6. The van der Waals surface area contributed by atoms with E-state index < -0.39 is 9.84 Å². The topological polar surface area (TPSA) is 49.4 Å². The molecular weight excluding hydrogens is 248 g/mol. The third-order valence-corrected chi connectivity index (χ3v) is 5.31. The van der Waals surface area contributed by atoms with Crippen LogP contribution in [0.1, 0.15) is 33.6 Å².